The predicted molar refractivity (Wildman–Crippen MR) is 65.3 cm³/mol. The highest BCUT2D eigenvalue weighted by Crippen LogP contribution is 1.79. The number of rotatable bonds is 7. The first-order valence-corrected chi connectivity index (χ1v) is 5.48. The Balaban J connectivity index is 3.47. The third-order valence-corrected chi connectivity index (χ3v) is 1.81. The molecule has 0 aliphatic carbocycles. The van der Waals surface area contributed by atoms with Crippen LogP contribution < -0.4 is 10.6 Å². The second kappa shape index (κ2) is 11.0. The Bertz CT molecular complexity index is 190. The molecule has 0 bridgehead atoms. The standard InChI is InChI=1S/C11H23N3O/c1-4-6-7-8-13-11(12-3)14-9-10-15-5-2/h4,6H,5,7-10H2,1-3H3,(H2,12,13,14). The summed E-state index contributed by atoms with van der Waals surface area (Å²) in [6.07, 6.45) is 5.19. The zero-order chi connectivity index (χ0) is 11.4. The summed E-state index contributed by atoms with van der Waals surface area (Å²) in [7, 11) is 1.77. The lowest BCUT2D eigenvalue weighted by molar-refractivity contribution is 0.152. The van der Waals surface area contributed by atoms with E-state index >= 15 is 0 Å². The van der Waals surface area contributed by atoms with Crippen molar-refractivity contribution in [1.29, 1.82) is 0 Å². The second-order valence-electron chi connectivity index (χ2n) is 2.98. The van der Waals surface area contributed by atoms with Gasteiger partial charge < -0.3 is 15.4 Å². The summed E-state index contributed by atoms with van der Waals surface area (Å²) in [5.41, 5.74) is 0. The van der Waals surface area contributed by atoms with Crippen LogP contribution in [0.4, 0.5) is 0 Å². The Morgan fingerprint density at radius 2 is 2.07 bits per heavy atom. The van der Waals surface area contributed by atoms with E-state index in [2.05, 4.69) is 21.7 Å². The van der Waals surface area contributed by atoms with Crippen LogP contribution >= 0.6 is 0 Å². The molecule has 0 radical (unpaired) electrons. The third kappa shape index (κ3) is 9.28. The minimum absolute atomic E-state index is 0.714. The van der Waals surface area contributed by atoms with Gasteiger partial charge in [-0.15, -0.1) is 0 Å². The third-order valence-electron chi connectivity index (χ3n) is 1.81. The van der Waals surface area contributed by atoms with Gasteiger partial charge in [-0.25, -0.2) is 0 Å². The number of allylic oxidation sites excluding steroid dienone is 1. The van der Waals surface area contributed by atoms with Gasteiger partial charge in [0.1, 0.15) is 0 Å². The van der Waals surface area contributed by atoms with Crippen LogP contribution in [-0.4, -0.2) is 39.3 Å². The molecule has 0 aliphatic heterocycles. The van der Waals surface area contributed by atoms with Crippen LogP contribution in [0.2, 0.25) is 0 Å². The van der Waals surface area contributed by atoms with Crippen LogP contribution in [-0.2, 0) is 4.74 Å². The second-order valence-corrected chi connectivity index (χ2v) is 2.98. The van der Waals surface area contributed by atoms with Gasteiger partial charge in [0.05, 0.1) is 6.61 Å². The fourth-order valence-corrected chi connectivity index (χ4v) is 1.05. The lowest BCUT2D eigenvalue weighted by Crippen LogP contribution is -2.39. The molecular formula is C11H23N3O. The molecule has 0 aromatic heterocycles. The summed E-state index contributed by atoms with van der Waals surface area (Å²) in [5, 5.41) is 6.38. The van der Waals surface area contributed by atoms with Crippen LogP contribution in [0.1, 0.15) is 20.3 Å². The highest BCUT2D eigenvalue weighted by atomic mass is 16.5. The summed E-state index contributed by atoms with van der Waals surface area (Å²) in [6.45, 7) is 7.18. The number of aliphatic imine (C=N–C) groups is 1. The number of nitrogens with one attached hydrogen (secondary N) is 2. The molecule has 0 fully saturated rings. The van der Waals surface area contributed by atoms with Crippen molar-refractivity contribution >= 4 is 5.96 Å². The van der Waals surface area contributed by atoms with E-state index < -0.39 is 0 Å². The number of hydrogen-bond donors (Lipinski definition) is 2. The van der Waals surface area contributed by atoms with Gasteiger partial charge in [-0.1, -0.05) is 12.2 Å². The lowest BCUT2D eigenvalue weighted by Gasteiger charge is -2.10. The molecular weight excluding hydrogens is 190 g/mol. The quantitative estimate of drug-likeness (QED) is 0.289. The van der Waals surface area contributed by atoms with E-state index in [0.29, 0.717) is 6.61 Å². The van der Waals surface area contributed by atoms with Gasteiger partial charge in [-0.2, -0.15) is 0 Å². The first-order valence-electron chi connectivity index (χ1n) is 5.48. The van der Waals surface area contributed by atoms with Gasteiger partial charge in [0, 0.05) is 26.7 Å². The van der Waals surface area contributed by atoms with Crippen molar-refractivity contribution in [3.63, 3.8) is 0 Å². The maximum absolute atomic E-state index is 5.21. The molecule has 88 valence electrons. The van der Waals surface area contributed by atoms with Crippen molar-refractivity contribution in [2.75, 3.05) is 33.4 Å². The molecule has 0 aromatic carbocycles. The molecule has 15 heavy (non-hydrogen) atoms. The van der Waals surface area contributed by atoms with Crippen LogP contribution in [0.25, 0.3) is 0 Å². The van der Waals surface area contributed by atoms with Crippen molar-refractivity contribution in [3.05, 3.63) is 12.2 Å². The van der Waals surface area contributed by atoms with Crippen molar-refractivity contribution < 1.29 is 4.74 Å². The zero-order valence-corrected chi connectivity index (χ0v) is 10.0. The molecule has 4 heteroatoms. The molecule has 0 unspecified atom stereocenters. The molecule has 0 rings (SSSR count). The first kappa shape index (κ1) is 14.0. The monoisotopic (exact) mass is 213 g/mol. The minimum atomic E-state index is 0.714. The van der Waals surface area contributed by atoms with Crippen LogP contribution in [0.3, 0.4) is 0 Å². The van der Waals surface area contributed by atoms with E-state index in [9.17, 15) is 0 Å². The van der Waals surface area contributed by atoms with Crippen molar-refractivity contribution in [2.24, 2.45) is 4.99 Å². The molecule has 0 atom stereocenters. The highest BCUT2D eigenvalue weighted by Gasteiger charge is 1.94. The molecule has 0 heterocycles. The Kier molecular flexibility index (Phi) is 10.3. The SMILES string of the molecule is CC=CCCNC(=NC)NCCOCC. The summed E-state index contributed by atoms with van der Waals surface area (Å²) >= 11 is 0. The summed E-state index contributed by atoms with van der Waals surface area (Å²) in [6, 6.07) is 0. The van der Waals surface area contributed by atoms with Gasteiger partial charge >= 0.3 is 0 Å². The van der Waals surface area contributed by atoms with Crippen LogP contribution in [0.15, 0.2) is 17.1 Å². The van der Waals surface area contributed by atoms with Gasteiger partial charge in [0.2, 0.25) is 0 Å². The van der Waals surface area contributed by atoms with Gasteiger partial charge in [0.15, 0.2) is 5.96 Å². The Labute approximate surface area is 92.8 Å². The Hall–Kier alpha value is -1.03. The van der Waals surface area contributed by atoms with Gasteiger partial charge in [-0.3, -0.25) is 4.99 Å². The molecule has 0 aromatic rings. The average Bonchev–Trinajstić information content (AvgIpc) is 2.27. The van der Waals surface area contributed by atoms with E-state index in [0.717, 1.165) is 32.1 Å². The number of guanidine groups is 1. The lowest BCUT2D eigenvalue weighted by atomic mass is 10.4. The van der Waals surface area contributed by atoms with Gasteiger partial charge in [0.25, 0.3) is 0 Å². The highest BCUT2D eigenvalue weighted by molar-refractivity contribution is 5.79. The zero-order valence-electron chi connectivity index (χ0n) is 10.0. The Morgan fingerprint density at radius 1 is 1.33 bits per heavy atom. The molecule has 0 saturated heterocycles. The van der Waals surface area contributed by atoms with E-state index in [1.54, 1.807) is 7.05 Å². The normalized spacial score (nSPS) is 12.1. The first-order chi connectivity index (χ1) is 7.35. The number of ether oxygens (including phenoxy) is 1. The van der Waals surface area contributed by atoms with Crippen molar-refractivity contribution in [1.82, 2.24) is 10.6 Å². The topological polar surface area (TPSA) is 45.7 Å². The minimum Gasteiger partial charge on any atom is -0.380 e. The van der Waals surface area contributed by atoms with Crippen LogP contribution in [0, 0.1) is 0 Å². The van der Waals surface area contributed by atoms with Gasteiger partial charge in [-0.05, 0) is 20.3 Å². The van der Waals surface area contributed by atoms with E-state index in [4.69, 9.17) is 4.74 Å². The summed E-state index contributed by atoms with van der Waals surface area (Å²) in [5.74, 6) is 0.833. The maximum atomic E-state index is 5.21. The Morgan fingerprint density at radius 3 is 2.67 bits per heavy atom. The molecule has 2 N–H and O–H groups in total. The summed E-state index contributed by atoms with van der Waals surface area (Å²) in [4.78, 5) is 4.10. The smallest absolute Gasteiger partial charge is 0.191 e. The fraction of sp³-hybridized carbons (Fsp3) is 0.727. The molecule has 0 amide bonds. The van der Waals surface area contributed by atoms with E-state index in [1.165, 1.54) is 0 Å². The van der Waals surface area contributed by atoms with Crippen molar-refractivity contribution in [3.8, 4) is 0 Å². The molecule has 0 saturated carbocycles. The molecule has 0 aliphatic rings. The van der Waals surface area contributed by atoms with E-state index in [1.807, 2.05) is 19.9 Å². The molecule has 0 spiro atoms. The van der Waals surface area contributed by atoms with Crippen LogP contribution in [0.5, 0.6) is 0 Å². The van der Waals surface area contributed by atoms with E-state index in [-0.39, 0.29) is 0 Å². The number of nitrogens with zero attached hydrogens (tertiary/aromatic N) is 1. The maximum Gasteiger partial charge on any atom is 0.191 e. The predicted octanol–water partition coefficient (Wildman–Crippen LogP) is 1.15. The fourth-order valence-electron chi connectivity index (χ4n) is 1.05. The van der Waals surface area contributed by atoms with Crippen molar-refractivity contribution in [2.45, 2.75) is 20.3 Å². The molecule has 4 nitrogen and oxygen atoms in total. The number of hydrogen-bond acceptors (Lipinski definition) is 2. The largest absolute Gasteiger partial charge is 0.380 e. The average molecular weight is 213 g/mol. The summed E-state index contributed by atoms with van der Waals surface area (Å²) < 4.78 is 5.21.